The quantitative estimate of drug-likeness (QED) is 0.527. The molecule has 0 radical (unpaired) electrons. The summed E-state index contributed by atoms with van der Waals surface area (Å²) in [6.45, 7) is 5.42. The number of hydrogen-bond donors (Lipinski definition) is 1. The first-order valence-corrected chi connectivity index (χ1v) is 6.43. The number of benzene rings is 1. The molecular formula is C16H16N2O2. The van der Waals surface area contributed by atoms with E-state index in [1.807, 2.05) is 37.3 Å². The van der Waals surface area contributed by atoms with E-state index in [1.165, 1.54) is 0 Å². The highest BCUT2D eigenvalue weighted by atomic mass is 16.5. The van der Waals surface area contributed by atoms with Crippen LogP contribution in [0.25, 0.3) is 17.0 Å². The molecule has 20 heavy (non-hydrogen) atoms. The summed E-state index contributed by atoms with van der Waals surface area (Å²) in [5.74, 6) is -0.591. The van der Waals surface area contributed by atoms with Gasteiger partial charge in [-0.2, -0.15) is 5.26 Å². The van der Waals surface area contributed by atoms with E-state index in [2.05, 4.69) is 4.98 Å². The van der Waals surface area contributed by atoms with Gasteiger partial charge in [-0.15, -0.1) is 0 Å². The summed E-state index contributed by atoms with van der Waals surface area (Å²) in [5, 5.41) is 10.1. The highest BCUT2D eigenvalue weighted by molar-refractivity contribution is 6.01. The van der Waals surface area contributed by atoms with Crippen LogP contribution in [-0.4, -0.2) is 17.1 Å². The zero-order chi connectivity index (χ0) is 14.7. The van der Waals surface area contributed by atoms with Crippen molar-refractivity contribution in [1.82, 2.24) is 4.98 Å². The minimum absolute atomic E-state index is 0.00607. The van der Waals surface area contributed by atoms with Crippen molar-refractivity contribution in [3.63, 3.8) is 0 Å². The predicted octanol–water partition coefficient (Wildman–Crippen LogP) is 3.33. The lowest BCUT2D eigenvalue weighted by Gasteiger charge is -2.06. The van der Waals surface area contributed by atoms with Gasteiger partial charge in [-0.3, -0.25) is 0 Å². The largest absolute Gasteiger partial charge is 0.459 e. The van der Waals surface area contributed by atoms with E-state index in [0.29, 0.717) is 0 Å². The van der Waals surface area contributed by atoms with E-state index in [0.717, 1.165) is 22.2 Å². The van der Waals surface area contributed by atoms with Gasteiger partial charge in [-0.25, -0.2) is 4.79 Å². The van der Waals surface area contributed by atoms with Crippen molar-refractivity contribution in [2.45, 2.75) is 26.9 Å². The maximum Gasteiger partial charge on any atom is 0.349 e. The van der Waals surface area contributed by atoms with Crippen molar-refractivity contribution >= 4 is 22.9 Å². The number of para-hydroxylation sites is 1. The number of aryl methyl sites for hydroxylation is 1. The second-order valence-corrected chi connectivity index (χ2v) is 4.83. The topological polar surface area (TPSA) is 65.9 Å². The third-order valence-corrected chi connectivity index (χ3v) is 2.92. The number of H-pyrrole nitrogens is 1. The highest BCUT2D eigenvalue weighted by Crippen LogP contribution is 2.24. The second-order valence-electron chi connectivity index (χ2n) is 4.83. The van der Waals surface area contributed by atoms with Gasteiger partial charge in [0.15, 0.2) is 0 Å². The first kappa shape index (κ1) is 13.9. The summed E-state index contributed by atoms with van der Waals surface area (Å²) >= 11 is 0. The predicted molar refractivity (Wildman–Crippen MR) is 77.9 cm³/mol. The van der Waals surface area contributed by atoms with Crippen molar-refractivity contribution in [3.05, 3.63) is 41.1 Å². The Bertz CT molecular complexity index is 718. The number of ether oxygens (including phenoxy) is 1. The van der Waals surface area contributed by atoms with Gasteiger partial charge in [0.2, 0.25) is 0 Å². The van der Waals surface area contributed by atoms with Gasteiger partial charge < -0.3 is 9.72 Å². The molecule has 0 aliphatic heterocycles. The van der Waals surface area contributed by atoms with Gasteiger partial charge in [0.1, 0.15) is 11.6 Å². The third kappa shape index (κ3) is 2.72. The molecule has 0 fully saturated rings. The molecule has 1 aromatic heterocycles. The van der Waals surface area contributed by atoms with Crippen LogP contribution in [0.5, 0.6) is 0 Å². The number of carbonyl (C=O) groups is 1. The number of rotatable bonds is 3. The molecule has 0 aliphatic carbocycles. The van der Waals surface area contributed by atoms with Gasteiger partial charge in [0.05, 0.1) is 6.10 Å². The molecule has 1 heterocycles. The van der Waals surface area contributed by atoms with Crippen LogP contribution in [0.3, 0.4) is 0 Å². The van der Waals surface area contributed by atoms with E-state index in [9.17, 15) is 4.79 Å². The molecule has 0 saturated heterocycles. The van der Waals surface area contributed by atoms with Crippen LogP contribution >= 0.6 is 0 Å². The number of carbonyl (C=O) groups excluding carboxylic acids is 1. The Balaban J connectivity index is 2.48. The average molecular weight is 268 g/mol. The number of hydrogen-bond acceptors (Lipinski definition) is 3. The maximum atomic E-state index is 11.8. The molecule has 1 N–H and O–H groups in total. The summed E-state index contributed by atoms with van der Waals surface area (Å²) in [7, 11) is 0. The zero-order valence-corrected chi connectivity index (χ0v) is 11.7. The monoisotopic (exact) mass is 268 g/mol. The van der Waals surface area contributed by atoms with Crippen LogP contribution in [0, 0.1) is 18.3 Å². The highest BCUT2D eigenvalue weighted by Gasteiger charge is 2.14. The lowest BCUT2D eigenvalue weighted by Crippen LogP contribution is -2.12. The summed E-state index contributed by atoms with van der Waals surface area (Å²) in [4.78, 5) is 15.1. The third-order valence-electron chi connectivity index (χ3n) is 2.92. The fourth-order valence-electron chi connectivity index (χ4n) is 2.04. The van der Waals surface area contributed by atoms with Crippen molar-refractivity contribution < 1.29 is 9.53 Å². The number of fused-ring (bicyclic) bond motifs is 1. The number of nitrogens with zero attached hydrogens (tertiary/aromatic N) is 1. The van der Waals surface area contributed by atoms with Gasteiger partial charge in [0.25, 0.3) is 0 Å². The number of nitriles is 1. The molecule has 0 spiro atoms. The molecule has 0 saturated carbocycles. The van der Waals surface area contributed by atoms with E-state index < -0.39 is 5.97 Å². The Hall–Kier alpha value is -2.54. The van der Waals surface area contributed by atoms with Crippen molar-refractivity contribution in [1.29, 1.82) is 5.26 Å². The van der Waals surface area contributed by atoms with Crippen LogP contribution < -0.4 is 0 Å². The second kappa shape index (κ2) is 5.62. The standard InChI is InChI=1S/C16H16N2O2/c1-10(2)20-16(19)12(9-17)8-14-11(3)18-15-7-5-4-6-13(14)15/h4-8,10,18H,1-3H3/b12-8+. The van der Waals surface area contributed by atoms with E-state index >= 15 is 0 Å². The van der Waals surface area contributed by atoms with Crippen LogP contribution in [0.1, 0.15) is 25.1 Å². The molecular weight excluding hydrogens is 252 g/mol. The Morgan fingerprint density at radius 2 is 2.10 bits per heavy atom. The van der Waals surface area contributed by atoms with Gasteiger partial charge in [0, 0.05) is 22.2 Å². The first-order chi connectivity index (χ1) is 9.52. The molecule has 4 heteroatoms. The fraction of sp³-hybridized carbons (Fsp3) is 0.250. The minimum Gasteiger partial charge on any atom is -0.459 e. The summed E-state index contributed by atoms with van der Waals surface area (Å²) in [5.41, 5.74) is 2.74. The number of esters is 1. The average Bonchev–Trinajstić information content (AvgIpc) is 2.70. The fourth-order valence-corrected chi connectivity index (χ4v) is 2.04. The SMILES string of the molecule is Cc1[nH]c2ccccc2c1/C=C(\C#N)C(=O)OC(C)C. The normalized spacial score (nSPS) is 11.7. The zero-order valence-electron chi connectivity index (χ0n) is 11.7. The molecule has 2 aromatic rings. The molecule has 0 amide bonds. The van der Waals surface area contributed by atoms with Crippen LogP contribution in [0.15, 0.2) is 29.8 Å². The van der Waals surface area contributed by atoms with Gasteiger partial charge in [-0.05, 0) is 32.9 Å². The maximum absolute atomic E-state index is 11.8. The van der Waals surface area contributed by atoms with Crippen molar-refractivity contribution in [2.75, 3.05) is 0 Å². The Morgan fingerprint density at radius 3 is 2.75 bits per heavy atom. The summed E-state index contributed by atoms with van der Waals surface area (Å²) < 4.78 is 5.06. The van der Waals surface area contributed by atoms with E-state index in [4.69, 9.17) is 10.00 Å². The lowest BCUT2D eigenvalue weighted by molar-refractivity contribution is -0.142. The van der Waals surface area contributed by atoms with Gasteiger partial charge >= 0.3 is 5.97 Å². The van der Waals surface area contributed by atoms with Gasteiger partial charge in [-0.1, -0.05) is 18.2 Å². The molecule has 102 valence electrons. The van der Waals surface area contributed by atoms with Crippen molar-refractivity contribution in [2.24, 2.45) is 0 Å². The molecule has 4 nitrogen and oxygen atoms in total. The first-order valence-electron chi connectivity index (χ1n) is 6.43. The van der Waals surface area contributed by atoms with E-state index in [1.54, 1.807) is 19.9 Å². The van der Waals surface area contributed by atoms with Crippen molar-refractivity contribution in [3.8, 4) is 6.07 Å². The Kier molecular flexibility index (Phi) is 3.90. The summed E-state index contributed by atoms with van der Waals surface area (Å²) in [6.07, 6.45) is 1.34. The lowest BCUT2D eigenvalue weighted by atomic mass is 10.1. The molecule has 0 aliphatic rings. The van der Waals surface area contributed by atoms with Crippen LogP contribution in [0.4, 0.5) is 0 Å². The summed E-state index contributed by atoms with van der Waals surface area (Å²) in [6, 6.07) is 9.67. The Morgan fingerprint density at radius 1 is 1.40 bits per heavy atom. The molecule has 1 aromatic carbocycles. The molecule has 0 atom stereocenters. The smallest absolute Gasteiger partial charge is 0.349 e. The molecule has 0 unspecified atom stereocenters. The number of aromatic amines is 1. The molecule has 2 rings (SSSR count). The van der Waals surface area contributed by atoms with Crippen LogP contribution in [0.2, 0.25) is 0 Å². The van der Waals surface area contributed by atoms with Crippen LogP contribution in [-0.2, 0) is 9.53 Å². The number of nitrogens with one attached hydrogen (secondary N) is 1. The Labute approximate surface area is 117 Å². The number of aromatic nitrogens is 1. The minimum atomic E-state index is -0.591. The molecule has 0 bridgehead atoms. The van der Waals surface area contributed by atoms with E-state index in [-0.39, 0.29) is 11.7 Å².